The third-order valence-electron chi connectivity index (χ3n) is 2.04. The van der Waals surface area contributed by atoms with Gasteiger partial charge >= 0.3 is 0 Å². The van der Waals surface area contributed by atoms with Crippen molar-refractivity contribution in [3.63, 3.8) is 0 Å². The van der Waals surface area contributed by atoms with E-state index in [-0.39, 0.29) is 6.10 Å². The zero-order chi connectivity index (χ0) is 11.0. The van der Waals surface area contributed by atoms with E-state index in [1.807, 2.05) is 6.92 Å². The molecule has 1 unspecified atom stereocenters. The Balaban J connectivity index is 3.88. The molecule has 0 aromatic heterocycles. The lowest BCUT2D eigenvalue weighted by Crippen LogP contribution is -2.28. The number of nitrogens with one attached hydrogen (secondary N) is 1. The van der Waals surface area contributed by atoms with Gasteiger partial charge in [-0.1, -0.05) is 33.8 Å². The van der Waals surface area contributed by atoms with Crippen LogP contribution in [0.5, 0.6) is 0 Å². The summed E-state index contributed by atoms with van der Waals surface area (Å²) in [6.07, 6.45) is 2.37. The summed E-state index contributed by atoms with van der Waals surface area (Å²) >= 11 is 0. The first-order chi connectivity index (χ1) is 6.61. The highest BCUT2D eigenvalue weighted by Gasteiger charge is 2.11. The second kappa shape index (κ2) is 7.86. The van der Waals surface area contributed by atoms with Crippen LogP contribution in [-0.2, 0) is 4.74 Å². The molecule has 0 spiro atoms. The minimum atomic E-state index is 0.184. The second-order valence-electron chi connectivity index (χ2n) is 4.03. The Labute approximate surface area is 88.7 Å². The molecule has 2 nitrogen and oxygen atoms in total. The lowest BCUT2D eigenvalue weighted by atomic mass is 10.1. The average Bonchev–Trinajstić information content (AvgIpc) is 2.14. The maximum atomic E-state index is 5.61. The van der Waals surface area contributed by atoms with Gasteiger partial charge in [-0.2, -0.15) is 0 Å². The highest BCUT2D eigenvalue weighted by atomic mass is 16.5. The van der Waals surface area contributed by atoms with Crippen LogP contribution < -0.4 is 5.32 Å². The summed E-state index contributed by atoms with van der Waals surface area (Å²) in [7, 11) is 0. The molecule has 0 bridgehead atoms. The summed E-state index contributed by atoms with van der Waals surface area (Å²) in [5.41, 5.74) is 1.03. The molecule has 1 atom stereocenters. The number of hydrogen-bond acceptors (Lipinski definition) is 2. The third kappa shape index (κ3) is 6.03. The largest absolute Gasteiger partial charge is 0.386 e. The molecule has 0 saturated heterocycles. The van der Waals surface area contributed by atoms with Crippen molar-refractivity contribution in [1.29, 1.82) is 0 Å². The number of hydrogen-bond donors (Lipinski definition) is 1. The number of rotatable bonds is 8. The molecule has 0 amide bonds. The highest BCUT2D eigenvalue weighted by Crippen LogP contribution is 2.09. The summed E-state index contributed by atoms with van der Waals surface area (Å²) in [6.45, 7) is 14.3. The first-order valence-corrected chi connectivity index (χ1v) is 5.66. The molecule has 0 fully saturated rings. The van der Waals surface area contributed by atoms with Crippen LogP contribution >= 0.6 is 0 Å². The molecular formula is C12H25NO. The molecule has 1 N–H and O–H groups in total. The summed E-state index contributed by atoms with van der Waals surface area (Å²) in [5, 5.41) is 3.33. The summed E-state index contributed by atoms with van der Waals surface area (Å²) < 4.78 is 5.61. The lowest BCUT2D eigenvalue weighted by molar-refractivity contribution is 0.0768. The van der Waals surface area contributed by atoms with Crippen LogP contribution in [0.15, 0.2) is 12.3 Å². The van der Waals surface area contributed by atoms with Crippen LogP contribution in [0.3, 0.4) is 0 Å². The molecule has 0 aromatic carbocycles. The molecule has 0 saturated carbocycles. The van der Waals surface area contributed by atoms with Gasteiger partial charge in [-0.05, 0) is 19.3 Å². The van der Waals surface area contributed by atoms with Crippen molar-refractivity contribution in [2.75, 3.05) is 13.2 Å². The zero-order valence-electron chi connectivity index (χ0n) is 10.1. The van der Waals surface area contributed by atoms with Crippen LogP contribution in [0.2, 0.25) is 0 Å². The molecule has 0 rings (SSSR count). The van der Waals surface area contributed by atoms with Gasteiger partial charge in [0.05, 0.1) is 6.10 Å². The molecule has 14 heavy (non-hydrogen) atoms. The monoisotopic (exact) mass is 199 g/mol. The van der Waals surface area contributed by atoms with Gasteiger partial charge in [-0.15, -0.1) is 0 Å². The van der Waals surface area contributed by atoms with Crippen LogP contribution in [0.1, 0.15) is 40.5 Å². The zero-order valence-corrected chi connectivity index (χ0v) is 10.1. The van der Waals surface area contributed by atoms with E-state index in [1.54, 1.807) is 0 Å². The minimum Gasteiger partial charge on any atom is -0.386 e. The molecule has 0 aliphatic heterocycles. The van der Waals surface area contributed by atoms with E-state index in [1.165, 1.54) is 0 Å². The molecule has 0 radical (unpaired) electrons. The predicted octanol–water partition coefficient (Wildman–Crippen LogP) is 2.95. The van der Waals surface area contributed by atoms with E-state index >= 15 is 0 Å². The summed E-state index contributed by atoms with van der Waals surface area (Å²) in [4.78, 5) is 0. The van der Waals surface area contributed by atoms with Crippen LogP contribution in [0, 0.1) is 5.92 Å². The Bertz CT molecular complexity index is 148. The van der Waals surface area contributed by atoms with Gasteiger partial charge in [0, 0.05) is 18.8 Å². The average molecular weight is 199 g/mol. The normalized spacial score (nSPS) is 12.9. The standard InChI is InChI=1S/C12H25NO/c1-6-8-12(14-7-2)11(5)13-9-10(3)4/h10,12-13H,5-9H2,1-4H3. The van der Waals surface area contributed by atoms with E-state index in [0.29, 0.717) is 5.92 Å². The molecule has 0 heterocycles. The first-order valence-electron chi connectivity index (χ1n) is 5.66. The van der Waals surface area contributed by atoms with Gasteiger partial charge in [0.15, 0.2) is 0 Å². The van der Waals surface area contributed by atoms with E-state index in [2.05, 4.69) is 32.7 Å². The van der Waals surface area contributed by atoms with Crippen LogP contribution in [-0.4, -0.2) is 19.3 Å². The van der Waals surface area contributed by atoms with Crippen LogP contribution in [0.25, 0.3) is 0 Å². The maximum Gasteiger partial charge on any atom is 0.0962 e. The highest BCUT2D eigenvalue weighted by molar-refractivity contribution is 4.99. The van der Waals surface area contributed by atoms with Crippen molar-refractivity contribution >= 4 is 0 Å². The van der Waals surface area contributed by atoms with E-state index in [9.17, 15) is 0 Å². The Morgan fingerprint density at radius 3 is 2.43 bits per heavy atom. The van der Waals surface area contributed by atoms with Crippen molar-refractivity contribution in [2.45, 2.75) is 46.6 Å². The molecule has 2 heteroatoms. The Hall–Kier alpha value is -0.500. The van der Waals surface area contributed by atoms with Gasteiger partial charge in [0.25, 0.3) is 0 Å². The van der Waals surface area contributed by atoms with Gasteiger partial charge < -0.3 is 10.1 Å². The fourth-order valence-electron chi connectivity index (χ4n) is 1.27. The van der Waals surface area contributed by atoms with E-state index < -0.39 is 0 Å². The molecule has 0 aromatic rings. The van der Waals surface area contributed by atoms with E-state index in [0.717, 1.165) is 31.7 Å². The van der Waals surface area contributed by atoms with Crippen molar-refractivity contribution in [3.05, 3.63) is 12.3 Å². The quantitative estimate of drug-likeness (QED) is 0.649. The van der Waals surface area contributed by atoms with Crippen molar-refractivity contribution in [3.8, 4) is 0 Å². The summed E-state index contributed by atoms with van der Waals surface area (Å²) in [5.74, 6) is 0.649. The topological polar surface area (TPSA) is 21.3 Å². The fraction of sp³-hybridized carbons (Fsp3) is 0.833. The van der Waals surface area contributed by atoms with Crippen LogP contribution in [0.4, 0.5) is 0 Å². The maximum absolute atomic E-state index is 5.61. The second-order valence-corrected chi connectivity index (χ2v) is 4.03. The fourth-order valence-corrected chi connectivity index (χ4v) is 1.27. The van der Waals surface area contributed by atoms with Crippen molar-refractivity contribution in [2.24, 2.45) is 5.92 Å². The molecule has 84 valence electrons. The van der Waals surface area contributed by atoms with Crippen molar-refractivity contribution in [1.82, 2.24) is 5.32 Å². The Kier molecular flexibility index (Phi) is 7.58. The van der Waals surface area contributed by atoms with Gasteiger partial charge in [-0.25, -0.2) is 0 Å². The third-order valence-corrected chi connectivity index (χ3v) is 2.04. The molecule has 0 aliphatic rings. The molecule has 0 aliphatic carbocycles. The lowest BCUT2D eigenvalue weighted by Gasteiger charge is -2.21. The smallest absolute Gasteiger partial charge is 0.0962 e. The molecular weight excluding hydrogens is 174 g/mol. The number of ether oxygens (including phenoxy) is 1. The Morgan fingerprint density at radius 1 is 1.36 bits per heavy atom. The summed E-state index contributed by atoms with van der Waals surface area (Å²) in [6, 6.07) is 0. The van der Waals surface area contributed by atoms with Gasteiger partial charge in [0.2, 0.25) is 0 Å². The van der Waals surface area contributed by atoms with E-state index in [4.69, 9.17) is 4.74 Å². The van der Waals surface area contributed by atoms with Crippen molar-refractivity contribution < 1.29 is 4.74 Å². The minimum absolute atomic E-state index is 0.184. The predicted molar refractivity (Wildman–Crippen MR) is 62.3 cm³/mol. The first kappa shape index (κ1) is 13.5. The SMILES string of the molecule is C=C(NCC(C)C)C(CCC)OCC. The Morgan fingerprint density at radius 2 is 2.00 bits per heavy atom. The van der Waals surface area contributed by atoms with Gasteiger partial charge in [-0.3, -0.25) is 0 Å². The van der Waals surface area contributed by atoms with Gasteiger partial charge in [0.1, 0.15) is 0 Å².